The van der Waals surface area contributed by atoms with E-state index in [-0.39, 0.29) is 29.4 Å². The van der Waals surface area contributed by atoms with Gasteiger partial charge in [-0.1, -0.05) is 11.3 Å². The van der Waals surface area contributed by atoms with Crippen molar-refractivity contribution in [3.63, 3.8) is 0 Å². The van der Waals surface area contributed by atoms with Crippen molar-refractivity contribution in [2.24, 2.45) is 5.92 Å². The van der Waals surface area contributed by atoms with E-state index >= 15 is 0 Å². The maximum absolute atomic E-state index is 14.3. The lowest BCUT2D eigenvalue weighted by Crippen LogP contribution is -2.45. The average Bonchev–Trinajstić information content (AvgIpc) is 3.30. The summed E-state index contributed by atoms with van der Waals surface area (Å²) in [6.07, 6.45) is 1.37. The molecule has 3 aromatic rings. The number of thiazole rings is 1. The van der Waals surface area contributed by atoms with E-state index in [1.807, 2.05) is 19.0 Å². The highest BCUT2D eigenvalue weighted by Crippen LogP contribution is 2.34. The number of benzene rings is 2. The number of rotatable bonds is 9. The quantitative estimate of drug-likeness (QED) is 0.400. The number of nitrogens with zero attached hydrogens (tertiary/aromatic N) is 4. The zero-order valence-electron chi connectivity index (χ0n) is 21.0. The maximum Gasteiger partial charge on any atom is 0.243 e. The van der Waals surface area contributed by atoms with E-state index < -0.39 is 27.6 Å². The van der Waals surface area contributed by atoms with Crippen molar-refractivity contribution in [2.75, 3.05) is 52.3 Å². The lowest BCUT2D eigenvalue weighted by atomic mass is 9.96. The van der Waals surface area contributed by atoms with Gasteiger partial charge in [-0.05, 0) is 70.2 Å². The molecule has 0 saturated carbocycles. The zero-order valence-corrected chi connectivity index (χ0v) is 22.6. The molecule has 4 rings (SSSR count). The molecular weight excluding hydrogens is 522 g/mol. The van der Waals surface area contributed by atoms with E-state index in [4.69, 9.17) is 4.74 Å². The van der Waals surface area contributed by atoms with Crippen LogP contribution < -0.4 is 9.64 Å². The maximum atomic E-state index is 14.3. The number of halogens is 2. The van der Waals surface area contributed by atoms with E-state index in [0.29, 0.717) is 41.4 Å². The van der Waals surface area contributed by atoms with Gasteiger partial charge in [0.1, 0.15) is 17.1 Å². The number of carbonyl (C=O) groups is 1. The third kappa shape index (κ3) is 6.08. The normalized spacial score (nSPS) is 15.4. The molecule has 1 amide bonds. The largest absolute Gasteiger partial charge is 0.497 e. The van der Waals surface area contributed by atoms with Crippen molar-refractivity contribution >= 4 is 42.6 Å². The smallest absolute Gasteiger partial charge is 0.243 e. The van der Waals surface area contributed by atoms with Crippen LogP contribution in [0.25, 0.3) is 10.2 Å². The molecule has 8 nitrogen and oxygen atoms in total. The molecule has 1 saturated heterocycles. The van der Waals surface area contributed by atoms with E-state index in [9.17, 15) is 22.0 Å². The molecule has 0 spiro atoms. The summed E-state index contributed by atoms with van der Waals surface area (Å²) in [5, 5.41) is 0.316. The van der Waals surface area contributed by atoms with Crippen molar-refractivity contribution in [2.45, 2.75) is 24.2 Å². The minimum atomic E-state index is -3.70. The van der Waals surface area contributed by atoms with Gasteiger partial charge in [0.2, 0.25) is 15.9 Å². The van der Waals surface area contributed by atoms with Gasteiger partial charge in [-0.15, -0.1) is 0 Å². The Kier molecular flexibility index (Phi) is 8.42. The van der Waals surface area contributed by atoms with Crippen molar-refractivity contribution in [3.8, 4) is 5.75 Å². The monoisotopic (exact) mass is 552 g/mol. The number of sulfonamides is 1. The third-order valence-corrected chi connectivity index (χ3v) is 9.32. The number of anilines is 1. The fourth-order valence-corrected chi connectivity index (χ4v) is 6.87. The molecule has 37 heavy (non-hydrogen) atoms. The predicted octanol–water partition coefficient (Wildman–Crippen LogP) is 3.97. The first kappa shape index (κ1) is 27.4. The summed E-state index contributed by atoms with van der Waals surface area (Å²) in [5.74, 6) is -1.49. The Labute approximate surface area is 219 Å². The molecule has 2 heterocycles. The van der Waals surface area contributed by atoms with Crippen molar-refractivity contribution in [3.05, 3.63) is 48.0 Å². The van der Waals surface area contributed by atoms with Crippen LogP contribution in [0.3, 0.4) is 0 Å². The fourth-order valence-electron chi connectivity index (χ4n) is 4.37. The first-order valence-electron chi connectivity index (χ1n) is 12.0. The molecule has 12 heteroatoms. The van der Waals surface area contributed by atoms with Crippen LogP contribution in [0.2, 0.25) is 0 Å². The Morgan fingerprint density at radius 2 is 1.81 bits per heavy atom. The zero-order chi connectivity index (χ0) is 26.7. The lowest BCUT2D eigenvalue weighted by molar-refractivity contribution is -0.123. The van der Waals surface area contributed by atoms with Crippen LogP contribution in [0.1, 0.15) is 19.3 Å². The summed E-state index contributed by atoms with van der Waals surface area (Å²) in [5.41, 5.74) is 0.0345. The third-order valence-electron chi connectivity index (χ3n) is 6.39. The lowest BCUT2D eigenvalue weighted by Gasteiger charge is -2.33. The number of amides is 1. The van der Waals surface area contributed by atoms with Crippen LogP contribution in [0.5, 0.6) is 5.75 Å². The molecule has 1 fully saturated rings. The fraction of sp³-hybridized carbons (Fsp3) is 0.440. The first-order valence-corrected chi connectivity index (χ1v) is 14.2. The van der Waals surface area contributed by atoms with E-state index in [2.05, 4.69) is 4.98 Å². The molecule has 0 unspecified atom stereocenters. The van der Waals surface area contributed by atoms with Gasteiger partial charge in [0.05, 0.1) is 16.7 Å². The number of hydrogen-bond donors (Lipinski definition) is 0. The Morgan fingerprint density at radius 3 is 2.43 bits per heavy atom. The number of hydrogen-bond acceptors (Lipinski definition) is 7. The molecule has 0 atom stereocenters. The first-order chi connectivity index (χ1) is 17.6. The summed E-state index contributed by atoms with van der Waals surface area (Å²) in [6.45, 7) is 1.51. The summed E-state index contributed by atoms with van der Waals surface area (Å²) in [7, 11) is 1.68. The Hall–Kier alpha value is -2.67. The molecule has 0 radical (unpaired) electrons. The molecule has 1 aromatic heterocycles. The van der Waals surface area contributed by atoms with Crippen LogP contribution in [-0.2, 0) is 14.8 Å². The second kappa shape index (κ2) is 11.4. The number of carbonyl (C=O) groups excluding carboxylic acids is 1. The molecule has 0 N–H and O–H groups in total. The Bertz CT molecular complexity index is 1360. The van der Waals surface area contributed by atoms with E-state index in [1.165, 1.54) is 29.6 Å². The predicted molar refractivity (Wildman–Crippen MR) is 140 cm³/mol. The number of fused-ring (bicyclic) bond motifs is 1. The van der Waals surface area contributed by atoms with Crippen molar-refractivity contribution in [1.82, 2.24) is 14.2 Å². The number of piperidine rings is 1. The highest BCUT2D eigenvalue weighted by atomic mass is 32.2. The van der Waals surface area contributed by atoms with Crippen LogP contribution in [0.4, 0.5) is 13.9 Å². The number of ether oxygens (including phenoxy) is 1. The van der Waals surface area contributed by atoms with Crippen LogP contribution in [-0.4, -0.2) is 75.9 Å². The summed E-state index contributed by atoms with van der Waals surface area (Å²) in [4.78, 5) is 21.7. The van der Waals surface area contributed by atoms with Gasteiger partial charge in [-0.3, -0.25) is 9.69 Å². The van der Waals surface area contributed by atoms with Crippen molar-refractivity contribution in [1.29, 1.82) is 0 Å². The van der Waals surface area contributed by atoms with E-state index in [1.54, 1.807) is 17.0 Å². The standard InChI is InChI=1S/C25H30F2N4O4S2/c1-29(2)11-4-12-31(25-28-23-21(27)15-18(26)16-22(23)36-25)24(32)17-9-13-30(14-10-17)37(33,34)20-7-5-19(35-3)6-8-20/h5-8,15-17H,4,9-14H2,1-3H3. The van der Waals surface area contributed by atoms with Crippen LogP contribution in [0.15, 0.2) is 41.3 Å². The number of methoxy groups -OCH3 is 1. The van der Waals surface area contributed by atoms with Crippen molar-refractivity contribution < 1.29 is 26.7 Å². The summed E-state index contributed by atoms with van der Waals surface area (Å²) >= 11 is 1.07. The molecule has 200 valence electrons. The molecular formula is C25H30F2N4O4S2. The Morgan fingerprint density at radius 1 is 1.14 bits per heavy atom. The van der Waals surface area contributed by atoms with Gasteiger partial charge >= 0.3 is 0 Å². The van der Waals surface area contributed by atoms with E-state index in [0.717, 1.165) is 23.9 Å². The van der Waals surface area contributed by atoms with Gasteiger partial charge in [0.15, 0.2) is 10.9 Å². The molecule has 1 aliphatic heterocycles. The second-order valence-electron chi connectivity index (χ2n) is 9.23. The average molecular weight is 553 g/mol. The highest BCUT2D eigenvalue weighted by Gasteiger charge is 2.35. The summed E-state index contributed by atoms with van der Waals surface area (Å²) in [6, 6.07) is 8.20. The molecule has 0 bridgehead atoms. The van der Waals surface area contributed by atoms with Gasteiger partial charge in [-0.25, -0.2) is 22.2 Å². The minimum Gasteiger partial charge on any atom is -0.497 e. The van der Waals surface area contributed by atoms with Crippen LogP contribution >= 0.6 is 11.3 Å². The van der Waals surface area contributed by atoms with Crippen LogP contribution in [0, 0.1) is 17.6 Å². The molecule has 1 aliphatic rings. The van der Waals surface area contributed by atoms with Gasteiger partial charge in [-0.2, -0.15) is 4.31 Å². The second-order valence-corrected chi connectivity index (χ2v) is 12.2. The number of aromatic nitrogens is 1. The molecule has 2 aromatic carbocycles. The minimum absolute atomic E-state index is 0.0345. The highest BCUT2D eigenvalue weighted by molar-refractivity contribution is 7.89. The topological polar surface area (TPSA) is 83.0 Å². The molecule has 0 aliphatic carbocycles. The Balaban J connectivity index is 1.51. The van der Waals surface area contributed by atoms with Gasteiger partial charge < -0.3 is 9.64 Å². The van der Waals surface area contributed by atoms with Gasteiger partial charge in [0.25, 0.3) is 0 Å². The van der Waals surface area contributed by atoms with Gasteiger partial charge in [0, 0.05) is 31.6 Å². The summed E-state index contributed by atoms with van der Waals surface area (Å²) < 4.78 is 61.0. The SMILES string of the molecule is COc1ccc(S(=O)(=O)N2CCC(C(=O)N(CCCN(C)C)c3nc4c(F)cc(F)cc4s3)CC2)cc1.